The molecular formula is C9H12N4O. The highest BCUT2D eigenvalue weighted by Gasteiger charge is 2.06. The van der Waals surface area contributed by atoms with Crippen molar-refractivity contribution in [3.8, 4) is 11.6 Å². The van der Waals surface area contributed by atoms with Crippen LogP contribution in [0.4, 0.5) is 5.95 Å². The van der Waals surface area contributed by atoms with Crippen LogP contribution in [-0.2, 0) is 0 Å². The van der Waals surface area contributed by atoms with Crippen molar-refractivity contribution >= 4 is 5.95 Å². The van der Waals surface area contributed by atoms with Crippen LogP contribution in [0.25, 0.3) is 11.6 Å². The van der Waals surface area contributed by atoms with Crippen LogP contribution in [-0.4, -0.2) is 21.7 Å². The van der Waals surface area contributed by atoms with Crippen molar-refractivity contribution in [3.63, 3.8) is 0 Å². The van der Waals surface area contributed by atoms with Gasteiger partial charge in [-0.25, -0.2) is 0 Å². The number of aromatic amines is 1. The molecule has 0 unspecified atom stereocenters. The maximum atomic E-state index is 5.18. The lowest BCUT2D eigenvalue weighted by molar-refractivity contribution is 0.577. The number of H-pyrrole nitrogens is 1. The maximum absolute atomic E-state index is 5.18. The fraction of sp³-hybridized carbons (Fsp3) is 0.333. The number of nitrogens with zero attached hydrogens (tertiary/aromatic N) is 2. The van der Waals surface area contributed by atoms with E-state index in [1.165, 1.54) is 0 Å². The van der Waals surface area contributed by atoms with Gasteiger partial charge in [-0.1, -0.05) is 6.92 Å². The Labute approximate surface area is 81.5 Å². The monoisotopic (exact) mass is 192 g/mol. The van der Waals surface area contributed by atoms with Crippen LogP contribution in [0.15, 0.2) is 22.8 Å². The lowest BCUT2D eigenvalue weighted by Crippen LogP contribution is -2.00. The molecule has 74 valence electrons. The van der Waals surface area contributed by atoms with Gasteiger partial charge in [0.25, 0.3) is 0 Å². The van der Waals surface area contributed by atoms with Crippen molar-refractivity contribution in [3.05, 3.63) is 18.4 Å². The first-order chi connectivity index (χ1) is 6.90. The molecule has 14 heavy (non-hydrogen) atoms. The van der Waals surface area contributed by atoms with Crippen LogP contribution in [0, 0.1) is 0 Å². The molecular weight excluding hydrogens is 180 g/mol. The minimum atomic E-state index is 0.609. The smallest absolute Gasteiger partial charge is 0.242 e. The predicted octanol–water partition coefficient (Wildman–Crippen LogP) is 1.89. The molecule has 0 fully saturated rings. The minimum Gasteiger partial charge on any atom is -0.461 e. The summed E-state index contributed by atoms with van der Waals surface area (Å²) in [6, 6.07) is 3.65. The Hall–Kier alpha value is -1.78. The van der Waals surface area contributed by atoms with E-state index >= 15 is 0 Å². The minimum absolute atomic E-state index is 0.609. The Kier molecular flexibility index (Phi) is 2.48. The zero-order valence-electron chi connectivity index (χ0n) is 7.95. The molecule has 0 aliphatic rings. The summed E-state index contributed by atoms with van der Waals surface area (Å²) < 4.78 is 5.18. The Bertz CT molecular complexity index is 379. The molecule has 0 saturated heterocycles. The van der Waals surface area contributed by atoms with Crippen molar-refractivity contribution in [2.75, 3.05) is 11.9 Å². The molecule has 2 aromatic heterocycles. The molecule has 0 bridgehead atoms. The fourth-order valence-corrected chi connectivity index (χ4v) is 1.10. The third kappa shape index (κ3) is 1.76. The first-order valence-electron chi connectivity index (χ1n) is 4.60. The molecule has 0 amide bonds. The molecule has 5 nitrogen and oxygen atoms in total. The Morgan fingerprint density at radius 1 is 1.57 bits per heavy atom. The summed E-state index contributed by atoms with van der Waals surface area (Å²) in [5, 5.41) is 9.88. The quantitative estimate of drug-likeness (QED) is 0.776. The van der Waals surface area contributed by atoms with Gasteiger partial charge in [0, 0.05) is 6.54 Å². The van der Waals surface area contributed by atoms with Gasteiger partial charge in [-0.2, -0.15) is 4.98 Å². The zero-order chi connectivity index (χ0) is 9.80. The highest BCUT2D eigenvalue weighted by atomic mass is 16.3. The van der Waals surface area contributed by atoms with Crippen molar-refractivity contribution < 1.29 is 4.42 Å². The fourth-order valence-electron chi connectivity index (χ4n) is 1.10. The SMILES string of the molecule is CCCNc1n[nH]c(-c2ccco2)n1. The molecule has 2 rings (SSSR count). The predicted molar refractivity (Wildman–Crippen MR) is 52.9 cm³/mol. The first-order valence-corrected chi connectivity index (χ1v) is 4.60. The summed E-state index contributed by atoms with van der Waals surface area (Å²) in [4.78, 5) is 4.22. The Morgan fingerprint density at radius 2 is 2.50 bits per heavy atom. The molecule has 0 spiro atoms. The van der Waals surface area contributed by atoms with Crippen LogP contribution in [0.1, 0.15) is 13.3 Å². The van der Waals surface area contributed by atoms with Crippen LogP contribution in [0.2, 0.25) is 0 Å². The van der Waals surface area contributed by atoms with Gasteiger partial charge >= 0.3 is 0 Å². The summed E-state index contributed by atoms with van der Waals surface area (Å²) in [7, 11) is 0. The number of hydrogen-bond donors (Lipinski definition) is 2. The molecule has 0 aliphatic heterocycles. The van der Waals surface area contributed by atoms with Gasteiger partial charge in [-0.3, -0.25) is 5.10 Å². The van der Waals surface area contributed by atoms with E-state index < -0.39 is 0 Å². The van der Waals surface area contributed by atoms with Gasteiger partial charge in [0.15, 0.2) is 11.6 Å². The normalized spacial score (nSPS) is 10.4. The van der Waals surface area contributed by atoms with Gasteiger partial charge in [-0.15, -0.1) is 5.10 Å². The number of furan rings is 1. The summed E-state index contributed by atoms with van der Waals surface area (Å²) in [5.74, 6) is 1.95. The van der Waals surface area contributed by atoms with Gasteiger partial charge < -0.3 is 9.73 Å². The lowest BCUT2D eigenvalue weighted by Gasteiger charge is -1.94. The number of nitrogens with one attached hydrogen (secondary N) is 2. The third-order valence-electron chi connectivity index (χ3n) is 1.77. The highest BCUT2D eigenvalue weighted by molar-refractivity contribution is 5.48. The summed E-state index contributed by atoms with van der Waals surface area (Å²) in [6.07, 6.45) is 2.65. The molecule has 2 heterocycles. The maximum Gasteiger partial charge on any atom is 0.242 e. The second-order valence-electron chi connectivity index (χ2n) is 2.91. The number of aromatic nitrogens is 3. The average Bonchev–Trinajstić information content (AvgIpc) is 2.85. The molecule has 0 radical (unpaired) electrons. The van der Waals surface area contributed by atoms with Gasteiger partial charge in [0.2, 0.25) is 5.95 Å². The molecule has 2 N–H and O–H groups in total. The van der Waals surface area contributed by atoms with Gasteiger partial charge in [0.05, 0.1) is 6.26 Å². The molecule has 0 aliphatic carbocycles. The summed E-state index contributed by atoms with van der Waals surface area (Å²) in [5.41, 5.74) is 0. The van der Waals surface area contributed by atoms with Crippen molar-refractivity contribution in [1.82, 2.24) is 15.2 Å². The van der Waals surface area contributed by atoms with Crippen LogP contribution in [0.5, 0.6) is 0 Å². The second kappa shape index (κ2) is 3.95. The van der Waals surface area contributed by atoms with Crippen molar-refractivity contribution in [2.45, 2.75) is 13.3 Å². The van der Waals surface area contributed by atoms with E-state index in [9.17, 15) is 0 Å². The average molecular weight is 192 g/mol. The van der Waals surface area contributed by atoms with E-state index in [4.69, 9.17) is 4.42 Å². The van der Waals surface area contributed by atoms with E-state index in [0.717, 1.165) is 13.0 Å². The Balaban J connectivity index is 2.10. The van der Waals surface area contributed by atoms with Gasteiger partial charge in [-0.05, 0) is 18.6 Å². The number of rotatable bonds is 4. The van der Waals surface area contributed by atoms with Gasteiger partial charge in [0.1, 0.15) is 0 Å². The van der Waals surface area contributed by atoms with Crippen molar-refractivity contribution in [2.24, 2.45) is 0 Å². The first kappa shape index (κ1) is 8.80. The second-order valence-corrected chi connectivity index (χ2v) is 2.91. The van der Waals surface area contributed by atoms with E-state index in [-0.39, 0.29) is 0 Å². The molecule has 0 atom stereocenters. The third-order valence-corrected chi connectivity index (χ3v) is 1.77. The number of hydrogen-bond acceptors (Lipinski definition) is 4. The zero-order valence-corrected chi connectivity index (χ0v) is 7.95. The standard InChI is InChI=1S/C9H12N4O/c1-2-5-10-9-11-8(12-13-9)7-4-3-6-14-7/h3-4,6H,2,5H2,1H3,(H2,10,11,12,13). The van der Waals surface area contributed by atoms with Crippen molar-refractivity contribution in [1.29, 1.82) is 0 Å². The number of anilines is 1. The summed E-state index contributed by atoms with van der Waals surface area (Å²) in [6.45, 7) is 2.96. The van der Waals surface area contributed by atoms with Crippen LogP contribution >= 0.6 is 0 Å². The van der Waals surface area contributed by atoms with E-state index in [0.29, 0.717) is 17.5 Å². The van der Waals surface area contributed by atoms with E-state index in [2.05, 4.69) is 27.4 Å². The highest BCUT2D eigenvalue weighted by Crippen LogP contribution is 2.15. The molecule has 2 aromatic rings. The Morgan fingerprint density at radius 3 is 3.21 bits per heavy atom. The van der Waals surface area contributed by atoms with Crippen LogP contribution < -0.4 is 5.32 Å². The molecule has 5 heteroatoms. The van der Waals surface area contributed by atoms with Crippen LogP contribution in [0.3, 0.4) is 0 Å². The topological polar surface area (TPSA) is 66.7 Å². The van der Waals surface area contributed by atoms with E-state index in [1.807, 2.05) is 12.1 Å². The largest absolute Gasteiger partial charge is 0.461 e. The summed E-state index contributed by atoms with van der Waals surface area (Å²) >= 11 is 0. The lowest BCUT2D eigenvalue weighted by atomic mass is 10.4. The van der Waals surface area contributed by atoms with E-state index in [1.54, 1.807) is 6.26 Å². The molecule has 0 saturated carbocycles. The molecule has 0 aromatic carbocycles.